The van der Waals surface area contributed by atoms with E-state index >= 15 is 0 Å². The van der Waals surface area contributed by atoms with Crippen LogP contribution in [0.2, 0.25) is 0 Å². The summed E-state index contributed by atoms with van der Waals surface area (Å²) in [5.74, 6) is 0. The molecule has 0 radical (unpaired) electrons. The number of thiophene rings is 1. The highest BCUT2D eigenvalue weighted by atomic mass is 79.9. The smallest absolute Gasteiger partial charge is 0.252 e. The fraction of sp³-hybridized carbons (Fsp3) is 0.667. The molecule has 1 fully saturated rings. The highest BCUT2D eigenvalue weighted by Crippen LogP contribution is 2.34. The van der Waals surface area contributed by atoms with Crippen molar-refractivity contribution in [3.05, 3.63) is 15.4 Å². The van der Waals surface area contributed by atoms with Gasteiger partial charge >= 0.3 is 0 Å². The van der Waals surface area contributed by atoms with Gasteiger partial charge in [-0.1, -0.05) is 6.42 Å². The second kappa shape index (κ2) is 7.07. The summed E-state index contributed by atoms with van der Waals surface area (Å²) < 4.78 is 28.3. The van der Waals surface area contributed by atoms with Crippen molar-refractivity contribution in [2.75, 3.05) is 6.54 Å². The molecule has 2 N–H and O–H groups in total. The van der Waals surface area contributed by atoms with Crippen molar-refractivity contribution < 1.29 is 8.42 Å². The van der Waals surface area contributed by atoms with Gasteiger partial charge in [-0.2, -0.15) is 4.31 Å². The molecule has 1 aromatic heterocycles. The summed E-state index contributed by atoms with van der Waals surface area (Å²) >= 11 is 4.66. The van der Waals surface area contributed by atoms with E-state index in [0.717, 1.165) is 28.6 Å². The van der Waals surface area contributed by atoms with E-state index in [4.69, 9.17) is 5.73 Å². The number of piperidine rings is 1. The first-order chi connectivity index (χ1) is 8.84. The second-order valence-electron chi connectivity index (χ2n) is 5.06. The summed E-state index contributed by atoms with van der Waals surface area (Å²) in [4.78, 5) is 0. The van der Waals surface area contributed by atoms with Crippen LogP contribution in [0.15, 0.2) is 14.1 Å². The van der Waals surface area contributed by atoms with Gasteiger partial charge in [-0.3, -0.25) is 0 Å². The highest BCUT2D eigenvalue weighted by Gasteiger charge is 2.36. The predicted molar refractivity (Wildman–Crippen MR) is 89.2 cm³/mol. The Kier molecular flexibility index (Phi) is 6.50. The van der Waals surface area contributed by atoms with Gasteiger partial charge in [0.2, 0.25) is 0 Å². The van der Waals surface area contributed by atoms with Gasteiger partial charge in [0.1, 0.15) is 4.21 Å². The Bertz CT molecular complexity index is 540. The number of rotatable bonds is 3. The van der Waals surface area contributed by atoms with Crippen molar-refractivity contribution in [1.29, 1.82) is 0 Å². The number of nitrogens with two attached hydrogens (primary N) is 1. The minimum absolute atomic E-state index is 0. The van der Waals surface area contributed by atoms with Crippen LogP contribution in [0.4, 0.5) is 0 Å². The van der Waals surface area contributed by atoms with Crippen LogP contribution < -0.4 is 5.73 Å². The van der Waals surface area contributed by atoms with E-state index in [1.807, 2.05) is 13.8 Å². The zero-order valence-electron chi connectivity index (χ0n) is 11.5. The average molecular weight is 404 g/mol. The maximum Gasteiger partial charge on any atom is 0.252 e. The van der Waals surface area contributed by atoms with Gasteiger partial charge in [0.25, 0.3) is 10.0 Å². The number of halogens is 2. The molecule has 2 atom stereocenters. The van der Waals surface area contributed by atoms with Crippen molar-refractivity contribution >= 4 is 49.7 Å². The highest BCUT2D eigenvalue weighted by molar-refractivity contribution is 9.11. The fourth-order valence-electron chi connectivity index (χ4n) is 2.43. The maximum absolute atomic E-state index is 12.7. The van der Waals surface area contributed by atoms with Gasteiger partial charge < -0.3 is 5.73 Å². The summed E-state index contributed by atoms with van der Waals surface area (Å²) in [7, 11) is -3.42. The molecule has 1 aliphatic rings. The maximum atomic E-state index is 12.7. The van der Waals surface area contributed by atoms with Gasteiger partial charge in [0.05, 0.1) is 3.79 Å². The van der Waals surface area contributed by atoms with E-state index in [-0.39, 0.29) is 24.5 Å². The number of nitrogens with zero attached hydrogens (tertiary/aromatic N) is 1. The Hall–Kier alpha value is 0.340. The summed E-state index contributed by atoms with van der Waals surface area (Å²) in [6, 6.07) is 1.51. The Morgan fingerprint density at radius 3 is 2.65 bits per heavy atom. The van der Waals surface area contributed by atoms with Gasteiger partial charge in [-0.05, 0) is 54.2 Å². The molecular formula is C12H20BrClN2O2S2. The molecule has 1 aromatic rings. The van der Waals surface area contributed by atoms with E-state index in [0.29, 0.717) is 10.8 Å². The molecule has 2 heterocycles. The van der Waals surface area contributed by atoms with Crippen LogP contribution in [0.5, 0.6) is 0 Å². The molecule has 1 saturated heterocycles. The molecule has 0 amide bonds. The third kappa shape index (κ3) is 3.56. The van der Waals surface area contributed by atoms with Crippen LogP contribution in [-0.2, 0) is 10.0 Å². The van der Waals surface area contributed by atoms with Crippen molar-refractivity contribution in [3.8, 4) is 0 Å². The molecule has 116 valence electrons. The van der Waals surface area contributed by atoms with E-state index < -0.39 is 10.0 Å². The summed E-state index contributed by atoms with van der Waals surface area (Å²) in [5, 5.41) is 0. The molecule has 2 rings (SSSR count). The van der Waals surface area contributed by atoms with E-state index in [2.05, 4.69) is 15.9 Å². The quantitative estimate of drug-likeness (QED) is 0.843. The normalized spacial score (nSPS) is 22.3. The third-order valence-electron chi connectivity index (χ3n) is 3.50. The molecule has 0 saturated carbocycles. The molecule has 8 heteroatoms. The van der Waals surface area contributed by atoms with E-state index in [1.165, 1.54) is 11.3 Å². The molecular weight excluding hydrogens is 384 g/mol. The van der Waals surface area contributed by atoms with Crippen molar-refractivity contribution in [2.45, 2.75) is 49.4 Å². The lowest BCUT2D eigenvalue weighted by Crippen LogP contribution is -2.51. The molecule has 0 bridgehead atoms. The standard InChI is InChI=1S/C12H19BrN2O2S2.ClH/c1-8-7-11(18-12(8)13)19(16,17)15-6-4-3-5-10(15)9(2)14;/h7,9-10H,3-6,14H2,1-2H3;1H. The topological polar surface area (TPSA) is 63.4 Å². The zero-order valence-corrected chi connectivity index (χ0v) is 15.5. The van der Waals surface area contributed by atoms with E-state index in [1.54, 1.807) is 10.4 Å². The van der Waals surface area contributed by atoms with Crippen molar-refractivity contribution in [3.63, 3.8) is 0 Å². The van der Waals surface area contributed by atoms with Gasteiger partial charge in [-0.25, -0.2) is 8.42 Å². The lowest BCUT2D eigenvalue weighted by atomic mass is 10.00. The van der Waals surface area contributed by atoms with Crippen molar-refractivity contribution in [1.82, 2.24) is 4.31 Å². The minimum Gasteiger partial charge on any atom is -0.326 e. The monoisotopic (exact) mass is 402 g/mol. The molecule has 2 unspecified atom stereocenters. The van der Waals surface area contributed by atoms with Crippen LogP contribution in [-0.4, -0.2) is 31.4 Å². The average Bonchev–Trinajstić information content (AvgIpc) is 2.70. The lowest BCUT2D eigenvalue weighted by Gasteiger charge is -2.36. The van der Waals surface area contributed by atoms with E-state index in [9.17, 15) is 8.42 Å². The van der Waals surface area contributed by atoms with Crippen LogP contribution in [0.1, 0.15) is 31.7 Å². The number of aryl methyl sites for hydroxylation is 1. The first-order valence-electron chi connectivity index (χ1n) is 6.37. The number of hydrogen-bond acceptors (Lipinski definition) is 4. The molecule has 0 spiro atoms. The Labute approximate surface area is 139 Å². The molecule has 4 nitrogen and oxygen atoms in total. The first kappa shape index (κ1) is 18.4. The summed E-state index contributed by atoms with van der Waals surface area (Å²) in [5.41, 5.74) is 6.91. The minimum atomic E-state index is -3.42. The Morgan fingerprint density at radius 1 is 1.50 bits per heavy atom. The number of hydrogen-bond donors (Lipinski definition) is 1. The SMILES string of the molecule is Cc1cc(S(=O)(=O)N2CCCCC2C(C)N)sc1Br.Cl. The Balaban J connectivity index is 0.00000200. The Morgan fingerprint density at radius 2 is 2.15 bits per heavy atom. The van der Waals surface area contributed by atoms with Crippen LogP contribution in [0.25, 0.3) is 0 Å². The van der Waals surface area contributed by atoms with Gasteiger partial charge in [-0.15, -0.1) is 23.7 Å². The number of sulfonamides is 1. The summed E-state index contributed by atoms with van der Waals surface area (Å²) in [6.45, 7) is 4.36. The van der Waals surface area contributed by atoms with Crippen LogP contribution in [0, 0.1) is 6.92 Å². The molecule has 0 aliphatic carbocycles. The molecule has 1 aliphatic heterocycles. The lowest BCUT2D eigenvalue weighted by molar-refractivity contribution is 0.227. The summed E-state index contributed by atoms with van der Waals surface area (Å²) in [6.07, 6.45) is 2.81. The zero-order chi connectivity index (χ0) is 14.2. The fourth-order valence-corrected chi connectivity index (χ4v) is 6.56. The molecule has 20 heavy (non-hydrogen) atoms. The first-order valence-corrected chi connectivity index (χ1v) is 9.42. The predicted octanol–water partition coefficient (Wildman–Crippen LogP) is 3.13. The van der Waals surface area contributed by atoms with Gasteiger partial charge in [0.15, 0.2) is 0 Å². The second-order valence-corrected chi connectivity index (χ2v) is 9.55. The van der Waals surface area contributed by atoms with Crippen LogP contribution >= 0.6 is 39.7 Å². The molecule has 0 aromatic carbocycles. The largest absolute Gasteiger partial charge is 0.326 e. The van der Waals surface area contributed by atoms with Crippen molar-refractivity contribution in [2.24, 2.45) is 5.73 Å². The van der Waals surface area contributed by atoms with Crippen LogP contribution in [0.3, 0.4) is 0 Å². The third-order valence-corrected chi connectivity index (χ3v) is 8.01. The van der Waals surface area contributed by atoms with Gasteiger partial charge in [0, 0.05) is 18.6 Å².